The van der Waals surface area contributed by atoms with Crippen LogP contribution in [0.1, 0.15) is 54.9 Å². The average Bonchev–Trinajstić information content (AvgIpc) is 4.15. The van der Waals surface area contributed by atoms with E-state index < -0.39 is 6.28 Å². The number of benzene rings is 5. The summed E-state index contributed by atoms with van der Waals surface area (Å²) in [6, 6.07) is 41.0. The van der Waals surface area contributed by atoms with Crippen molar-refractivity contribution >= 4 is 91.6 Å². The van der Waals surface area contributed by atoms with Crippen molar-refractivity contribution in [2.75, 3.05) is 19.1 Å². The number of carbonyl (C=O) groups is 1. The van der Waals surface area contributed by atoms with Crippen molar-refractivity contribution in [3.8, 4) is 57.8 Å². The summed E-state index contributed by atoms with van der Waals surface area (Å²) in [6.07, 6.45) is 0.339. The summed E-state index contributed by atoms with van der Waals surface area (Å²) in [5.74, 6) is 8.61. The molecule has 0 radical (unpaired) electrons. The predicted octanol–water partition coefficient (Wildman–Crippen LogP) is 12.9. The molecule has 0 spiro atoms. The molecule has 0 atom stereocenters. The molecule has 0 unspecified atom stereocenters. The zero-order chi connectivity index (χ0) is 48.3. The molecule has 10 rings (SSSR count). The number of thiazole rings is 1. The van der Waals surface area contributed by atoms with Gasteiger partial charge in [-0.15, -0.1) is 50.4 Å². The van der Waals surface area contributed by atoms with Gasteiger partial charge < -0.3 is 23.6 Å². The highest BCUT2D eigenvalue weighted by atomic mass is 32.1. The molecule has 0 aliphatic carbocycles. The molecule has 0 bridgehead atoms. The van der Waals surface area contributed by atoms with Gasteiger partial charge in [0.05, 0.1) is 24.0 Å². The van der Waals surface area contributed by atoms with Gasteiger partial charge in [0.25, 0.3) is 6.47 Å². The Morgan fingerprint density at radius 1 is 0.536 bits per heavy atom. The van der Waals surface area contributed by atoms with E-state index in [4.69, 9.17) is 14.2 Å². The lowest BCUT2D eigenvalue weighted by Gasteiger charge is -2.37. The lowest BCUT2D eigenvalue weighted by atomic mass is 9.23. The maximum absolute atomic E-state index is 11.8. The maximum atomic E-state index is 11.8. The Morgan fingerprint density at radius 2 is 1.03 bits per heavy atom. The SMILES string of the molecule is COc1ccc(N(c2ccc(C#Cc3sc(-c4sc(-c5cc6c(s5)-c5sc(OC=O)c[n+]5[B-]6(c5c(C)cc(C)cc5C)c5c(C)cc(C)cc5C)cc4C)cc3C)cc2)c2ccc(OC)cc2)cc1. The van der Waals surface area contributed by atoms with Crippen molar-refractivity contribution in [3.63, 3.8) is 0 Å². The van der Waals surface area contributed by atoms with Gasteiger partial charge in [-0.3, -0.25) is 4.79 Å². The van der Waals surface area contributed by atoms with Crippen LogP contribution in [-0.2, 0) is 4.79 Å². The van der Waals surface area contributed by atoms with Gasteiger partial charge in [0.2, 0.25) is 10.1 Å². The lowest BCUT2D eigenvalue weighted by molar-refractivity contribution is -0.519. The molecule has 0 fully saturated rings. The van der Waals surface area contributed by atoms with Crippen molar-refractivity contribution in [1.82, 2.24) is 0 Å². The molecule has 0 saturated heterocycles. The Morgan fingerprint density at radius 3 is 1.55 bits per heavy atom. The fraction of sp³-hybridized carbons (Fsp3) is 0.172. The molecule has 4 aromatic heterocycles. The van der Waals surface area contributed by atoms with E-state index in [0.29, 0.717) is 11.5 Å². The summed E-state index contributed by atoms with van der Waals surface area (Å²) >= 11 is 7.01. The molecule has 1 aliphatic rings. The molecule has 69 heavy (non-hydrogen) atoms. The number of hydrogen-bond acceptors (Lipinski definition) is 9. The normalized spacial score (nSPS) is 12.3. The number of aromatic nitrogens is 1. The quantitative estimate of drug-likeness (QED) is 0.0734. The van der Waals surface area contributed by atoms with E-state index in [1.54, 1.807) is 36.9 Å². The maximum Gasteiger partial charge on any atom is 0.363 e. The van der Waals surface area contributed by atoms with E-state index in [1.165, 1.54) is 85.3 Å². The predicted molar refractivity (Wildman–Crippen MR) is 292 cm³/mol. The Balaban J connectivity index is 1.01. The van der Waals surface area contributed by atoms with Crippen molar-refractivity contribution in [2.45, 2.75) is 55.4 Å². The fourth-order valence-electron chi connectivity index (χ4n) is 10.8. The molecule has 344 valence electrons. The monoisotopic (exact) mass is 978 g/mol. The second kappa shape index (κ2) is 18.3. The van der Waals surface area contributed by atoms with Crippen LogP contribution >= 0.6 is 45.3 Å². The number of aryl methyl sites for hydroxylation is 8. The van der Waals surface area contributed by atoms with E-state index in [1.807, 2.05) is 46.9 Å². The number of fused-ring (bicyclic) bond motifs is 3. The van der Waals surface area contributed by atoms with Gasteiger partial charge in [0.15, 0.2) is 6.20 Å². The van der Waals surface area contributed by atoms with Crippen LogP contribution in [0.3, 0.4) is 0 Å². The Bertz CT molecular complexity index is 3360. The topological polar surface area (TPSA) is 51.9 Å². The number of nitrogens with zero attached hydrogens (tertiary/aromatic N) is 2. The summed E-state index contributed by atoms with van der Waals surface area (Å²) in [4.78, 5) is 21.3. The molecule has 9 aromatic rings. The first-order chi connectivity index (χ1) is 33.3. The van der Waals surface area contributed by atoms with Crippen molar-refractivity contribution in [3.05, 3.63) is 176 Å². The Labute approximate surface area is 421 Å². The lowest BCUT2D eigenvalue weighted by Crippen LogP contribution is -2.84. The molecule has 5 heterocycles. The first-order valence-corrected chi connectivity index (χ1v) is 26.1. The van der Waals surface area contributed by atoms with Crippen LogP contribution in [0.25, 0.3) is 29.4 Å². The number of anilines is 3. The molecule has 0 saturated carbocycles. The van der Waals surface area contributed by atoms with Crippen LogP contribution in [0, 0.1) is 67.2 Å². The van der Waals surface area contributed by atoms with Gasteiger partial charge in [0, 0.05) is 42.1 Å². The van der Waals surface area contributed by atoms with Gasteiger partial charge in [0.1, 0.15) is 11.5 Å². The van der Waals surface area contributed by atoms with Crippen molar-refractivity contribution in [1.29, 1.82) is 0 Å². The highest BCUT2D eigenvalue weighted by Crippen LogP contribution is 2.47. The number of thiophene rings is 3. The van der Waals surface area contributed by atoms with E-state index in [0.717, 1.165) is 44.0 Å². The van der Waals surface area contributed by atoms with Crippen molar-refractivity contribution < 1.29 is 23.5 Å². The summed E-state index contributed by atoms with van der Waals surface area (Å²) in [5, 5.41) is 1.71. The molecular formula is C58H51BN2O4S4. The highest BCUT2D eigenvalue weighted by Gasteiger charge is 2.55. The van der Waals surface area contributed by atoms with Crippen LogP contribution in [0.2, 0.25) is 0 Å². The van der Waals surface area contributed by atoms with Gasteiger partial charge >= 0.3 is 6.28 Å². The second-order valence-electron chi connectivity index (χ2n) is 18.1. The molecular weight excluding hydrogens is 928 g/mol. The minimum Gasteiger partial charge on any atom is -0.497 e. The largest absolute Gasteiger partial charge is 0.497 e. The van der Waals surface area contributed by atoms with Crippen LogP contribution in [-0.4, -0.2) is 27.0 Å². The first kappa shape index (κ1) is 46.1. The fourth-order valence-corrected chi connectivity index (χ4v) is 15.6. The molecule has 5 aromatic carbocycles. The van der Waals surface area contributed by atoms with E-state index in [-0.39, 0.29) is 0 Å². The minimum absolute atomic E-state index is 0.543. The third kappa shape index (κ3) is 8.09. The van der Waals surface area contributed by atoms with E-state index in [9.17, 15) is 4.79 Å². The summed E-state index contributed by atoms with van der Waals surface area (Å²) in [7, 11) is 3.36. The van der Waals surface area contributed by atoms with E-state index in [2.05, 4.69) is 174 Å². The zero-order valence-corrected chi connectivity index (χ0v) is 43.6. The third-order valence-corrected chi connectivity index (χ3v) is 18.4. The zero-order valence-electron chi connectivity index (χ0n) is 40.4. The second-order valence-corrected chi connectivity index (χ2v) is 22.2. The van der Waals surface area contributed by atoms with Crippen LogP contribution in [0.4, 0.5) is 17.1 Å². The summed E-state index contributed by atoms with van der Waals surface area (Å²) in [6.45, 7) is 18.3. The molecule has 6 nitrogen and oxygen atoms in total. The van der Waals surface area contributed by atoms with Crippen LogP contribution in [0.5, 0.6) is 16.6 Å². The molecule has 11 heteroatoms. The smallest absolute Gasteiger partial charge is 0.363 e. The first-order valence-electron chi connectivity index (χ1n) is 22.9. The Hall–Kier alpha value is -6.68. The van der Waals surface area contributed by atoms with Crippen molar-refractivity contribution in [2.24, 2.45) is 0 Å². The number of carbonyl (C=O) groups excluding carboxylic acids is 1. The number of rotatable bonds is 11. The van der Waals surface area contributed by atoms with Gasteiger partial charge in [-0.05, 0) is 163 Å². The van der Waals surface area contributed by atoms with Gasteiger partial charge in [-0.1, -0.05) is 75.6 Å². The minimum atomic E-state index is -1.73. The standard InChI is InChI=1S/C58H51BN2O4S4/c1-34-25-37(4)54(38(5)26-34)59(55-39(6)27-35(2)28-40(55)7)48-31-51(68-57(48)58-60(59)32-53(69-58)65-33-62)50-30-41(8)56(67-50)52-29-36(3)49(66-52)24-13-42-11-14-43(15-12-42)61(44-16-20-46(63-9)21-17-44)45-18-22-47(64-10)23-19-45/h11-12,14-23,25-33H,1-10H3. The number of hydrogen-bond donors (Lipinski definition) is 0. The molecule has 0 N–H and O–H groups in total. The molecule has 1 aliphatic heterocycles. The van der Waals surface area contributed by atoms with Crippen LogP contribution < -0.4 is 40.0 Å². The average molecular weight is 979 g/mol. The number of ether oxygens (including phenoxy) is 3. The van der Waals surface area contributed by atoms with E-state index >= 15 is 0 Å². The summed E-state index contributed by atoms with van der Waals surface area (Å²) < 4.78 is 19.0. The Kier molecular flexibility index (Phi) is 12.2. The number of methoxy groups -OCH3 is 2. The summed E-state index contributed by atoms with van der Waals surface area (Å²) in [5.41, 5.74) is 17.9. The van der Waals surface area contributed by atoms with Gasteiger partial charge in [-0.25, -0.2) is 0 Å². The van der Waals surface area contributed by atoms with Gasteiger partial charge in [-0.2, -0.15) is 0 Å². The highest BCUT2D eigenvalue weighted by molar-refractivity contribution is 7.31. The third-order valence-electron chi connectivity index (χ3n) is 13.4. The molecule has 0 amide bonds. The van der Waals surface area contributed by atoms with Crippen LogP contribution in [0.15, 0.2) is 121 Å².